The lowest BCUT2D eigenvalue weighted by atomic mass is 9.91. The average molecular weight is 360 g/mol. The molecule has 1 aromatic rings. The van der Waals surface area contributed by atoms with Crippen molar-refractivity contribution < 1.29 is 15.0 Å². The Morgan fingerprint density at radius 1 is 1.08 bits per heavy atom. The summed E-state index contributed by atoms with van der Waals surface area (Å²) in [7, 11) is 0. The van der Waals surface area contributed by atoms with Crippen LogP contribution in [0.25, 0.3) is 0 Å². The first-order chi connectivity index (χ1) is 11.0. The number of aliphatic hydroxyl groups is 1. The van der Waals surface area contributed by atoms with Crippen molar-refractivity contribution in [3.8, 4) is 0 Å². The van der Waals surface area contributed by atoms with Crippen molar-refractivity contribution in [2.24, 2.45) is 5.92 Å². The van der Waals surface area contributed by atoms with Crippen molar-refractivity contribution >= 4 is 18.4 Å². The third-order valence-electron chi connectivity index (χ3n) is 3.84. The van der Waals surface area contributed by atoms with Crippen LogP contribution in [0.4, 0.5) is 0 Å². The second-order valence-electron chi connectivity index (χ2n) is 6.02. The Kier molecular flexibility index (Phi) is 16.2. The van der Waals surface area contributed by atoms with Crippen LogP contribution in [0.15, 0.2) is 30.3 Å². The number of aliphatic hydroxyl groups excluding tert-OH is 1. The number of hydrogen-bond acceptors (Lipinski definition) is 3. The number of aliphatic carboxylic acids is 1. The Balaban J connectivity index is 0. The molecule has 24 heavy (non-hydrogen) atoms. The van der Waals surface area contributed by atoms with Gasteiger partial charge >= 0.3 is 5.97 Å². The van der Waals surface area contributed by atoms with E-state index < -0.39 is 5.97 Å². The monoisotopic (exact) mass is 359 g/mol. The highest BCUT2D eigenvalue weighted by atomic mass is 35.5. The van der Waals surface area contributed by atoms with Gasteiger partial charge in [-0.2, -0.15) is 0 Å². The molecule has 4 nitrogen and oxygen atoms in total. The maximum absolute atomic E-state index is 11.1. The van der Waals surface area contributed by atoms with Crippen molar-refractivity contribution in [1.82, 2.24) is 4.90 Å². The molecule has 0 amide bonds. The van der Waals surface area contributed by atoms with Crippen LogP contribution in [0.5, 0.6) is 0 Å². The molecule has 0 radical (unpaired) electrons. The summed E-state index contributed by atoms with van der Waals surface area (Å²) in [5, 5.41) is 17.6. The predicted octanol–water partition coefficient (Wildman–Crippen LogP) is 4.03. The van der Waals surface area contributed by atoms with Crippen LogP contribution in [0.1, 0.15) is 52.0 Å². The van der Waals surface area contributed by atoms with Gasteiger partial charge < -0.3 is 15.1 Å². The Bertz CT molecular complexity index is 408. The molecule has 0 heterocycles. The summed E-state index contributed by atoms with van der Waals surface area (Å²) in [5.41, 5.74) is 0.908. The van der Waals surface area contributed by atoms with Gasteiger partial charge in [0, 0.05) is 6.54 Å². The van der Waals surface area contributed by atoms with Gasteiger partial charge in [0.1, 0.15) is 0 Å². The van der Waals surface area contributed by atoms with Crippen molar-refractivity contribution in [1.29, 1.82) is 0 Å². The zero-order chi connectivity index (χ0) is 17.7. The van der Waals surface area contributed by atoms with E-state index in [0.29, 0.717) is 5.92 Å². The summed E-state index contributed by atoms with van der Waals surface area (Å²) in [6, 6.07) is 9.46. The van der Waals surface area contributed by atoms with Gasteiger partial charge in [0.25, 0.3) is 0 Å². The zero-order valence-corrected chi connectivity index (χ0v) is 16.3. The van der Waals surface area contributed by atoms with Crippen LogP contribution in [0.3, 0.4) is 0 Å². The topological polar surface area (TPSA) is 60.8 Å². The lowest BCUT2D eigenvalue weighted by Crippen LogP contribution is -2.25. The second-order valence-corrected chi connectivity index (χ2v) is 6.02. The Morgan fingerprint density at radius 2 is 1.62 bits per heavy atom. The highest BCUT2D eigenvalue weighted by molar-refractivity contribution is 5.85. The minimum Gasteiger partial charge on any atom is -0.481 e. The molecule has 0 aromatic heterocycles. The van der Waals surface area contributed by atoms with Crippen LogP contribution in [-0.2, 0) is 4.79 Å². The molecule has 0 aliphatic rings. The maximum Gasteiger partial charge on any atom is 0.310 e. The molecule has 140 valence electrons. The summed E-state index contributed by atoms with van der Waals surface area (Å²) in [4.78, 5) is 13.3. The number of halogens is 1. The second kappa shape index (κ2) is 15.4. The van der Waals surface area contributed by atoms with Crippen LogP contribution in [0.2, 0.25) is 0 Å². The fourth-order valence-corrected chi connectivity index (χ4v) is 2.30. The van der Waals surface area contributed by atoms with Crippen molar-refractivity contribution in [2.45, 2.75) is 46.5 Å². The molecule has 0 saturated heterocycles. The Labute approximate surface area is 153 Å². The van der Waals surface area contributed by atoms with Crippen molar-refractivity contribution in [3.63, 3.8) is 0 Å². The zero-order valence-electron chi connectivity index (χ0n) is 15.4. The van der Waals surface area contributed by atoms with Gasteiger partial charge in [-0.15, -0.1) is 12.4 Å². The molecule has 0 spiro atoms. The molecule has 5 heteroatoms. The molecule has 1 unspecified atom stereocenters. The van der Waals surface area contributed by atoms with Gasteiger partial charge in [0.2, 0.25) is 0 Å². The number of carboxylic acid groups (broad SMARTS) is 1. The first-order valence-corrected chi connectivity index (χ1v) is 8.57. The van der Waals surface area contributed by atoms with E-state index in [9.17, 15) is 4.79 Å². The van der Waals surface area contributed by atoms with Gasteiger partial charge in [-0.05, 0) is 37.4 Å². The molecule has 1 aromatic carbocycles. The van der Waals surface area contributed by atoms with Crippen LogP contribution in [0, 0.1) is 5.92 Å². The minimum atomic E-state index is -0.721. The lowest BCUT2D eigenvalue weighted by Gasteiger charge is -2.15. The molecule has 0 aliphatic heterocycles. The van der Waals surface area contributed by atoms with Crippen LogP contribution < -0.4 is 0 Å². The van der Waals surface area contributed by atoms with Gasteiger partial charge in [0.15, 0.2) is 0 Å². The summed E-state index contributed by atoms with van der Waals surface area (Å²) >= 11 is 0. The van der Waals surface area contributed by atoms with E-state index >= 15 is 0 Å². The molecular weight excluding hydrogens is 326 g/mol. The van der Waals surface area contributed by atoms with E-state index in [2.05, 4.69) is 32.6 Å². The fourth-order valence-electron chi connectivity index (χ4n) is 2.30. The highest BCUT2D eigenvalue weighted by Gasteiger charge is 2.19. The third-order valence-corrected chi connectivity index (χ3v) is 3.84. The molecule has 0 fully saturated rings. The molecule has 0 bridgehead atoms. The van der Waals surface area contributed by atoms with Crippen molar-refractivity contribution in [2.75, 3.05) is 26.2 Å². The predicted molar refractivity (Wildman–Crippen MR) is 103 cm³/mol. The number of benzene rings is 1. The van der Waals surface area contributed by atoms with E-state index in [0.717, 1.165) is 38.0 Å². The summed E-state index contributed by atoms with van der Waals surface area (Å²) in [5.74, 6) is -0.522. The van der Waals surface area contributed by atoms with Gasteiger partial charge in [-0.1, -0.05) is 58.0 Å². The number of likely N-dealkylation sites (N-methyl/N-ethyl adjacent to an activating group) is 1. The van der Waals surface area contributed by atoms with Gasteiger partial charge in [0.05, 0.1) is 12.5 Å². The molecular formula is C19H34ClNO3. The van der Waals surface area contributed by atoms with Crippen LogP contribution >= 0.6 is 12.4 Å². The normalized spacial score (nSPS) is 11.5. The number of carbonyl (C=O) groups is 1. The standard InChI is InChI=1S/C13H18O2.C6H15NO.ClH/c1-10(2)8-9-12(13(14)15)11-6-4-3-5-7-11;1-3-7(4-2)5-6-8;/h3-7,10,12H,8-9H2,1-2H3,(H,14,15);8H,3-6H2,1-2H3;1H. The Morgan fingerprint density at radius 3 is 1.96 bits per heavy atom. The number of carboxylic acids is 1. The van der Waals surface area contributed by atoms with Gasteiger partial charge in [-0.3, -0.25) is 4.79 Å². The maximum atomic E-state index is 11.1. The highest BCUT2D eigenvalue weighted by Crippen LogP contribution is 2.23. The van der Waals surface area contributed by atoms with Crippen molar-refractivity contribution in [3.05, 3.63) is 35.9 Å². The van der Waals surface area contributed by atoms with E-state index in [1.807, 2.05) is 30.3 Å². The molecule has 0 aliphatic carbocycles. The quantitative estimate of drug-likeness (QED) is 0.698. The van der Waals surface area contributed by atoms with Crippen LogP contribution in [-0.4, -0.2) is 47.3 Å². The lowest BCUT2D eigenvalue weighted by molar-refractivity contribution is -0.139. The third kappa shape index (κ3) is 11.4. The average Bonchev–Trinajstić information content (AvgIpc) is 2.54. The van der Waals surface area contributed by atoms with E-state index in [1.54, 1.807) is 0 Å². The number of nitrogens with zero attached hydrogens (tertiary/aromatic N) is 1. The number of rotatable bonds is 9. The smallest absolute Gasteiger partial charge is 0.310 e. The first kappa shape index (κ1) is 25.1. The van der Waals surface area contributed by atoms with E-state index in [-0.39, 0.29) is 24.9 Å². The summed E-state index contributed by atoms with van der Waals surface area (Å²) in [6.45, 7) is 11.6. The van der Waals surface area contributed by atoms with E-state index in [4.69, 9.17) is 10.2 Å². The molecule has 2 N–H and O–H groups in total. The minimum absolute atomic E-state index is 0. The van der Waals surface area contributed by atoms with Gasteiger partial charge in [-0.25, -0.2) is 0 Å². The largest absolute Gasteiger partial charge is 0.481 e. The molecule has 0 saturated carbocycles. The molecule has 1 atom stereocenters. The SMILES string of the molecule is CC(C)CCC(C(=O)O)c1ccccc1.CCN(CC)CCO.Cl. The summed E-state index contributed by atoms with van der Waals surface area (Å²) in [6.07, 6.45) is 1.67. The fraction of sp³-hybridized carbons (Fsp3) is 0.632. The van der Waals surface area contributed by atoms with E-state index in [1.165, 1.54) is 0 Å². The first-order valence-electron chi connectivity index (χ1n) is 8.57. The molecule has 1 rings (SSSR count). The number of hydrogen-bond donors (Lipinski definition) is 2. The Hall–Kier alpha value is -1.10. The summed E-state index contributed by atoms with van der Waals surface area (Å²) < 4.78 is 0.